The SMILES string of the molecule is Cc1ccc(C)c(S(=O)(=O)N2CCN(CC(=O)Nc3cccc([N+](=O)[O-])c3C)CC2)c1. The van der Waals surface area contributed by atoms with Crippen molar-refractivity contribution in [2.45, 2.75) is 25.7 Å². The molecule has 0 aliphatic carbocycles. The molecule has 2 aromatic rings. The van der Waals surface area contributed by atoms with Crippen molar-refractivity contribution in [3.05, 3.63) is 63.2 Å². The minimum absolute atomic E-state index is 0.0527. The molecule has 3 rings (SSSR count). The molecule has 1 aliphatic heterocycles. The number of amides is 1. The van der Waals surface area contributed by atoms with Crippen LogP contribution in [0.3, 0.4) is 0 Å². The van der Waals surface area contributed by atoms with Crippen LogP contribution in [0.25, 0.3) is 0 Å². The lowest BCUT2D eigenvalue weighted by molar-refractivity contribution is -0.385. The molecule has 166 valence electrons. The van der Waals surface area contributed by atoms with Gasteiger partial charge in [0.05, 0.1) is 27.6 Å². The van der Waals surface area contributed by atoms with E-state index in [-0.39, 0.29) is 18.1 Å². The summed E-state index contributed by atoms with van der Waals surface area (Å²) < 4.78 is 27.5. The molecule has 1 amide bonds. The number of carbonyl (C=O) groups is 1. The number of rotatable bonds is 6. The van der Waals surface area contributed by atoms with Crippen LogP contribution in [0, 0.1) is 30.9 Å². The summed E-state index contributed by atoms with van der Waals surface area (Å²) in [5, 5.41) is 13.8. The maximum Gasteiger partial charge on any atom is 0.274 e. The maximum atomic E-state index is 13.0. The normalized spacial score (nSPS) is 15.6. The molecule has 9 nitrogen and oxygen atoms in total. The fraction of sp³-hybridized carbons (Fsp3) is 0.381. The van der Waals surface area contributed by atoms with Crippen molar-refractivity contribution in [3.8, 4) is 0 Å². The Hall–Kier alpha value is -2.82. The Morgan fingerprint density at radius 1 is 1.10 bits per heavy atom. The summed E-state index contributed by atoms with van der Waals surface area (Å²) in [6, 6.07) is 9.91. The number of hydrogen-bond donors (Lipinski definition) is 1. The molecule has 1 heterocycles. The van der Waals surface area contributed by atoms with Gasteiger partial charge in [0.15, 0.2) is 0 Å². The van der Waals surface area contributed by atoms with E-state index in [0.717, 1.165) is 5.56 Å². The number of benzene rings is 2. The summed E-state index contributed by atoms with van der Waals surface area (Å²) in [7, 11) is -3.59. The average Bonchev–Trinajstić information content (AvgIpc) is 2.71. The van der Waals surface area contributed by atoms with Crippen LogP contribution >= 0.6 is 0 Å². The van der Waals surface area contributed by atoms with Crippen molar-refractivity contribution in [1.82, 2.24) is 9.21 Å². The molecule has 1 saturated heterocycles. The Morgan fingerprint density at radius 2 is 1.77 bits per heavy atom. The van der Waals surface area contributed by atoms with E-state index < -0.39 is 14.9 Å². The van der Waals surface area contributed by atoms with Gasteiger partial charge in [-0.2, -0.15) is 4.31 Å². The van der Waals surface area contributed by atoms with Crippen molar-refractivity contribution in [3.63, 3.8) is 0 Å². The van der Waals surface area contributed by atoms with E-state index in [0.29, 0.717) is 47.9 Å². The smallest absolute Gasteiger partial charge is 0.274 e. The van der Waals surface area contributed by atoms with Gasteiger partial charge in [0.25, 0.3) is 5.69 Å². The number of piperazine rings is 1. The number of nitro groups is 1. The van der Waals surface area contributed by atoms with E-state index in [4.69, 9.17) is 0 Å². The van der Waals surface area contributed by atoms with Crippen LogP contribution < -0.4 is 5.32 Å². The lowest BCUT2D eigenvalue weighted by Crippen LogP contribution is -2.50. The Bertz CT molecular complexity index is 1110. The first-order valence-corrected chi connectivity index (χ1v) is 11.4. The first-order valence-electron chi connectivity index (χ1n) is 9.93. The minimum atomic E-state index is -3.59. The van der Waals surface area contributed by atoms with Crippen LogP contribution in [0.2, 0.25) is 0 Å². The quantitative estimate of drug-likeness (QED) is 0.539. The summed E-state index contributed by atoms with van der Waals surface area (Å²) in [4.78, 5) is 25.2. The summed E-state index contributed by atoms with van der Waals surface area (Å²) in [5.41, 5.74) is 2.33. The van der Waals surface area contributed by atoms with E-state index in [9.17, 15) is 23.3 Å². The standard InChI is InChI=1S/C21H26N4O5S/c1-15-7-8-16(2)20(13-15)31(29,30)24-11-9-23(10-12-24)14-21(26)22-18-5-4-6-19(17(18)3)25(27)28/h4-8,13H,9-12,14H2,1-3H3,(H,22,26). The van der Waals surface area contributed by atoms with Gasteiger partial charge in [-0.25, -0.2) is 8.42 Å². The zero-order valence-electron chi connectivity index (χ0n) is 17.8. The summed E-state index contributed by atoms with van der Waals surface area (Å²) >= 11 is 0. The van der Waals surface area contributed by atoms with E-state index in [1.807, 2.05) is 17.9 Å². The van der Waals surface area contributed by atoms with Gasteiger partial charge in [0.2, 0.25) is 15.9 Å². The predicted molar refractivity (Wildman–Crippen MR) is 118 cm³/mol. The molecule has 10 heteroatoms. The van der Waals surface area contributed by atoms with Gasteiger partial charge < -0.3 is 5.32 Å². The average molecular weight is 447 g/mol. The largest absolute Gasteiger partial charge is 0.324 e. The zero-order valence-corrected chi connectivity index (χ0v) is 18.6. The molecule has 0 radical (unpaired) electrons. The van der Waals surface area contributed by atoms with E-state index >= 15 is 0 Å². The Morgan fingerprint density at radius 3 is 2.42 bits per heavy atom. The number of nitrogens with one attached hydrogen (secondary N) is 1. The number of aryl methyl sites for hydroxylation is 2. The summed E-state index contributed by atoms with van der Waals surface area (Å²) in [6.45, 7) is 6.74. The molecule has 0 aromatic heterocycles. The fourth-order valence-corrected chi connectivity index (χ4v) is 5.33. The molecule has 1 fully saturated rings. The van der Waals surface area contributed by atoms with Gasteiger partial charge in [-0.15, -0.1) is 0 Å². The lowest BCUT2D eigenvalue weighted by atomic mass is 10.1. The molecule has 0 spiro atoms. The Kier molecular flexibility index (Phi) is 6.73. The van der Waals surface area contributed by atoms with Crippen LogP contribution in [0.15, 0.2) is 41.3 Å². The highest BCUT2D eigenvalue weighted by molar-refractivity contribution is 7.89. The van der Waals surface area contributed by atoms with Crippen LogP contribution in [0.1, 0.15) is 16.7 Å². The zero-order chi connectivity index (χ0) is 22.8. The number of anilines is 1. The van der Waals surface area contributed by atoms with E-state index in [1.54, 1.807) is 32.0 Å². The van der Waals surface area contributed by atoms with Gasteiger partial charge in [-0.05, 0) is 44.0 Å². The van der Waals surface area contributed by atoms with Crippen LogP contribution in [-0.2, 0) is 14.8 Å². The van der Waals surface area contributed by atoms with Crippen LogP contribution in [0.5, 0.6) is 0 Å². The van der Waals surface area contributed by atoms with Crippen molar-refractivity contribution in [2.75, 3.05) is 38.0 Å². The molecule has 2 aromatic carbocycles. The first-order chi connectivity index (χ1) is 14.6. The van der Waals surface area contributed by atoms with Gasteiger partial charge in [0.1, 0.15) is 0 Å². The highest BCUT2D eigenvalue weighted by atomic mass is 32.2. The molecular formula is C21H26N4O5S. The number of hydrogen-bond acceptors (Lipinski definition) is 6. The number of nitro benzene ring substituents is 1. The van der Waals surface area contributed by atoms with Crippen molar-refractivity contribution >= 4 is 27.3 Å². The van der Waals surface area contributed by atoms with Gasteiger partial charge in [0, 0.05) is 32.2 Å². The first kappa shape index (κ1) is 22.9. The Labute approximate surface area is 181 Å². The number of nitrogens with zero attached hydrogens (tertiary/aromatic N) is 3. The monoisotopic (exact) mass is 446 g/mol. The second-order valence-electron chi connectivity index (χ2n) is 7.70. The molecule has 1 N–H and O–H groups in total. The second-order valence-corrected chi connectivity index (χ2v) is 9.61. The highest BCUT2D eigenvalue weighted by Gasteiger charge is 2.30. The van der Waals surface area contributed by atoms with E-state index in [2.05, 4.69) is 5.32 Å². The Balaban J connectivity index is 1.60. The third-order valence-electron chi connectivity index (χ3n) is 5.44. The highest BCUT2D eigenvalue weighted by Crippen LogP contribution is 2.25. The van der Waals surface area contributed by atoms with E-state index in [1.165, 1.54) is 16.4 Å². The maximum absolute atomic E-state index is 13.0. The molecule has 0 unspecified atom stereocenters. The molecule has 1 aliphatic rings. The second kappa shape index (κ2) is 9.13. The van der Waals surface area contributed by atoms with Crippen LogP contribution in [-0.4, -0.2) is 61.2 Å². The molecule has 31 heavy (non-hydrogen) atoms. The van der Waals surface area contributed by atoms with Gasteiger partial charge in [-0.1, -0.05) is 18.2 Å². The summed E-state index contributed by atoms with van der Waals surface area (Å²) in [5.74, 6) is -0.297. The summed E-state index contributed by atoms with van der Waals surface area (Å²) in [6.07, 6.45) is 0. The van der Waals surface area contributed by atoms with Crippen molar-refractivity contribution in [2.24, 2.45) is 0 Å². The lowest BCUT2D eigenvalue weighted by Gasteiger charge is -2.33. The topological polar surface area (TPSA) is 113 Å². The predicted octanol–water partition coefficient (Wildman–Crippen LogP) is 2.47. The molecule has 0 saturated carbocycles. The number of carbonyl (C=O) groups excluding carboxylic acids is 1. The number of sulfonamides is 1. The van der Waals surface area contributed by atoms with Crippen molar-refractivity contribution < 1.29 is 18.1 Å². The van der Waals surface area contributed by atoms with Gasteiger partial charge in [-0.3, -0.25) is 19.8 Å². The molecule has 0 atom stereocenters. The third-order valence-corrected chi connectivity index (χ3v) is 7.48. The van der Waals surface area contributed by atoms with Gasteiger partial charge >= 0.3 is 0 Å². The fourth-order valence-electron chi connectivity index (χ4n) is 3.60. The molecular weight excluding hydrogens is 420 g/mol. The van der Waals surface area contributed by atoms with Crippen molar-refractivity contribution in [1.29, 1.82) is 0 Å². The minimum Gasteiger partial charge on any atom is -0.324 e. The third kappa shape index (κ3) is 5.09. The molecule has 0 bridgehead atoms. The van der Waals surface area contributed by atoms with Crippen LogP contribution in [0.4, 0.5) is 11.4 Å².